The van der Waals surface area contributed by atoms with Crippen molar-refractivity contribution in [3.05, 3.63) is 21.8 Å². The van der Waals surface area contributed by atoms with E-state index in [0.717, 1.165) is 32.2 Å². The molecule has 2 saturated heterocycles. The molecular weight excluding hydrogens is 304 g/mol. The zero-order chi connectivity index (χ0) is 17.9. The Bertz CT molecular complexity index is 660. The van der Waals surface area contributed by atoms with Gasteiger partial charge in [0, 0.05) is 40.3 Å². The predicted molar refractivity (Wildman–Crippen MR) is 95.1 cm³/mol. The largest absolute Gasteiger partial charge is 0.479 e. The van der Waals surface area contributed by atoms with E-state index < -0.39 is 12.9 Å². The summed E-state index contributed by atoms with van der Waals surface area (Å²) >= 11 is 2.04. The van der Waals surface area contributed by atoms with Crippen molar-refractivity contribution in [3.63, 3.8) is 0 Å². The number of thioether (sulfide) groups is 1. The molecule has 4 aliphatic heterocycles. The number of piperidine rings is 1. The van der Waals surface area contributed by atoms with Gasteiger partial charge in [-0.25, -0.2) is 0 Å². The molecule has 2 N–H and O–H groups in total. The maximum absolute atomic E-state index is 7.73. The van der Waals surface area contributed by atoms with Gasteiger partial charge < -0.3 is 10.1 Å². The van der Waals surface area contributed by atoms with Crippen LogP contribution in [0.15, 0.2) is 21.8 Å². The summed E-state index contributed by atoms with van der Waals surface area (Å²) in [4.78, 5) is 1.61. The summed E-state index contributed by atoms with van der Waals surface area (Å²) in [6, 6.07) is -0.0147. The summed E-state index contributed by atoms with van der Waals surface area (Å²) in [5.74, 6) is 3.38. The average molecular weight is 336 g/mol. The van der Waals surface area contributed by atoms with E-state index in [4.69, 9.17) is 8.85 Å². The molecule has 4 heteroatoms. The Morgan fingerprint density at radius 2 is 2.26 bits per heavy atom. The molecule has 1 aliphatic carbocycles. The average Bonchev–Trinajstić information content (AvgIpc) is 3.23. The number of ether oxygens (including phenoxy) is 1. The van der Waals surface area contributed by atoms with Crippen molar-refractivity contribution in [2.45, 2.75) is 70.1 Å². The van der Waals surface area contributed by atoms with Crippen molar-refractivity contribution in [2.24, 2.45) is 11.8 Å². The van der Waals surface area contributed by atoms with Crippen molar-refractivity contribution in [3.8, 4) is 0 Å². The molecule has 0 spiro atoms. The van der Waals surface area contributed by atoms with Crippen molar-refractivity contribution in [2.75, 3.05) is 12.3 Å². The predicted octanol–water partition coefficient (Wildman–Crippen LogP) is 3.54. The molecule has 126 valence electrons. The lowest BCUT2D eigenvalue weighted by Crippen LogP contribution is -2.45. The van der Waals surface area contributed by atoms with Gasteiger partial charge in [0.15, 0.2) is 6.23 Å². The van der Waals surface area contributed by atoms with Crippen LogP contribution in [-0.4, -0.2) is 30.6 Å². The Balaban J connectivity index is 1.38. The van der Waals surface area contributed by atoms with Crippen LogP contribution in [0.4, 0.5) is 0 Å². The van der Waals surface area contributed by atoms with Crippen molar-refractivity contribution < 1.29 is 8.85 Å². The minimum atomic E-state index is -1.94. The Labute approximate surface area is 147 Å². The summed E-state index contributed by atoms with van der Waals surface area (Å²) in [6.45, 7) is -0.909. The molecule has 23 heavy (non-hydrogen) atoms. The smallest absolute Gasteiger partial charge is 0.153 e. The van der Waals surface area contributed by atoms with Gasteiger partial charge in [0.05, 0.1) is 0 Å². The monoisotopic (exact) mass is 335 g/mol. The number of rotatable bonds is 1. The molecule has 4 heterocycles. The molecule has 5 atom stereocenters. The fourth-order valence-electron chi connectivity index (χ4n) is 5.19. The molecule has 0 bridgehead atoms. The topological polar surface area (TPSA) is 33.3 Å². The molecule has 0 radical (unpaired) electrons. The van der Waals surface area contributed by atoms with Gasteiger partial charge in [-0.05, 0) is 67.8 Å². The molecule has 3 unspecified atom stereocenters. The second-order valence-corrected chi connectivity index (χ2v) is 8.84. The molecule has 2 fully saturated rings. The number of allylic oxidation sites excluding steroid dienone is 1. The third-order valence-corrected chi connectivity index (χ3v) is 7.59. The van der Waals surface area contributed by atoms with Crippen molar-refractivity contribution >= 4 is 11.8 Å². The second kappa shape index (κ2) is 5.82. The van der Waals surface area contributed by atoms with E-state index in [-0.39, 0.29) is 6.23 Å². The van der Waals surface area contributed by atoms with E-state index in [0.29, 0.717) is 17.9 Å². The van der Waals surface area contributed by atoms with E-state index in [1.54, 1.807) is 10.5 Å². The van der Waals surface area contributed by atoms with Crippen molar-refractivity contribution in [1.82, 2.24) is 10.6 Å². The van der Waals surface area contributed by atoms with Gasteiger partial charge in [0.25, 0.3) is 0 Å². The van der Waals surface area contributed by atoms with Crippen LogP contribution in [0.25, 0.3) is 0 Å². The van der Waals surface area contributed by atoms with Gasteiger partial charge in [0.2, 0.25) is 0 Å². The summed E-state index contributed by atoms with van der Waals surface area (Å²) in [5, 5.41) is 7.09. The fraction of sp³-hybridized carbons (Fsp3) is 0.789. The van der Waals surface area contributed by atoms with Gasteiger partial charge in [-0.1, -0.05) is 0 Å². The molecule has 0 aromatic heterocycles. The maximum Gasteiger partial charge on any atom is 0.153 e. The van der Waals surface area contributed by atoms with Crippen LogP contribution in [0.3, 0.4) is 0 Å². The van der Waals surface area contributed by atoms with Gasteiger partial charge >= 0.3 is 0 Å². The number of nitrogens with one attached hydrogen (secondary N) is 2. The molecule has 0 aromatic carbocycles. The zero-order valence-corrected chi connectivity index (χ0v) is 14.4. The summed E-state index contributed by atoms with van der Waals surface area (Å²) < 4.78 is 29.6. The third kappa shape index (κ3) is 2.49. The minimum absolute atomic E-state index is 0.110. The standard InChI is InChI=1S/C19H28N2OS/c1-11-5-6-14-13-3-2-4-15(18(13)22-19(14)21-11)16-9-17-12(10-20-16)7-8-23-17/h11,13-14,16,19-21H,2-10H2,1H3/t11-,13?,14?,16-,19?/m1/s1/i1D3. The number of fused-ring (bicyclic) bond motifs is 3. The number of hydrogen-bond acceptors (Lipinski definition) is 4. The second-order valence-electron chi connectivity index (χ2n) is 7.65. The molecule has 5 aliphatic rings. The van der Waals surface area contributed by atoms with E-state index in [1.165, 1.54) is 36.3 Å². The highest BCUT2D eigenvalue weighted by atomic mass is 32.2. The van der Waals surface area contributed by atoms with E-state index in [1.807, 2.05) is 11.8 Å². The van der Waals surface area contributed by atoms with Crippen LogP contribution in [0.1, 0.15) is 55.9 Å². The highest BCUT2D eigenvalue weighted by molar-refractivity contribution is 8.03. The first-order chi connectivity index (χ1) is 12.5. The Morgan fingerprint density at radius 1 is 1.26 bits per heavy atom. The van der Waals surface area contributed by atoms with Crippen LogP contribution in [0.5, 0.6) is 0 Å². The third-order valence-electron chi connectivity index (χ3n) is 6.37. The lowest BCUT2D eigenvalue weighted by atomic mass is 9.76. The van der Waals surface area contributed by atoms with E-state index in [9.17, 15) is 0 Å². The van der Waals surface area contributed by atoms with Crippen molar-refractivity contribution in [1.29, 1.82) is 0 Å². The minimum Gasteiger partial charge on any atom is -0.479 e. The Hall–Kier alpha value is -0.450. The van der Waals surface area contributed by atoms with Crippen LogP contribution in [0, 0.1) is 11.8 Å². The highest BCUT2D eigenvalue weighted by Gasteiger charge is 2.47. The maximum atomic E-state index is 7.73. The Morgan fingerprint density at radius 3 is 3.22 bits per heavy atom. The van der Waals surface area contributed by atoms with E-state index in [2.05, 4.69) is 10.6 Å². The van der Waals surface area contributed by atoms with Crippen LogP contribution in [0.2, 0.25) is 0 Å². The molecule has 0 saturated carbocycles. The lowest BCUT2D eigenvalue weighted by molar-refractivity contribution is 0.0575. The van der Waals surface area contributed by atoms with Crippen LogP contribution in [-0.2, 0) is 4.74 Å². The van der Waals surface area contributed by atoms with Gasteiger partial charge in [-0.15, -0.1) is 11.8 Å². The van der Waals surface area contributed by atoms with Gasteiger partial charge in [0.1, 0.15) is 5.76 Å². The number of hydrogen-bond donors (Lipinski definition) is 2. The van der Waals surface area contributed by atoms with Gasteiger partial charge in [-0.2, -0.15) is 0 Å². The lowest BCUT2D eigenvalue weighted by Gasteiger charge is -2.33. The zero-order valence-electron chi connectivity index (χ0n) is 16.6. The normalized spacial score (nSPS) is 45.6. The summed E-state index contributed by atoms with van der Waals surface area (Å²) in [7, 11) is 0. The van der Waals surface area contributed by atoms with E-state index >= 15 is 0 Å². The first kappa shape index (κ1) is 12.0. The van der Waals surface area contributed by atoms with Gasteiger partial charge in [-0.3, -0.25) is 5.32 Å². The Kier molecular flexibility index (Phi) is 3.03. The quantitative estimate of drug-likeness (QED) is 0.768. The summed E-state index contributed by atoms with van der Waals surface area (Å²) in [5.41, 5.74) is 3.09. The first-order valence-corrected chi connectivity index (χ1v) is 10.2. The van der Waals surface area contributed by atoms with Crippen LogP contribution < -0.4 is 10.6 Å². The molecule has 3 nitrogen and oxygen atoms in total. The molecular formula is C19H28N2OS. The molecule has 5 rings (SSSR count). The molecule has 0 aromatic rings. The first-order valence-electron chi connectivity index (χ1n) is 10.7. The molecule has 0 amide bonds. The van der Waals surface area contributed by atoms with Crippen LogP contribution >= 0.6 is 11.8 Å². The SMILES string of the molecule is [2H]C([2H])([2H])[C@@H]1CCC2C(N1)OC1=C([C@H]3CC4=C(CCS4)CN3)CCCC12. The highest BCUT2D eigenvalue weighted by Crippen LogP contribution is 2.49. The fourth-order valence-corrected chi connectivity index (χ4v) is 6.45. The summed E-state index contributed by atoms with van der Waals surface area (Å²) in [6.07, 6.45) is 7.50.